The van der Waals surface area contributed by atoms with Gasteiger partial charge >= 0.3 is 5.97 Å². The summed E-state index contributed by atoms with van der Waals surface area (Å²) in [6.07, 6.45) is 3.99. The first kappa shape index (κ1) is 12.8. The van der Waals surface area contributed by atoms with E-state index >= 15 is 0 Å². The Labute approximate surface area is 107 Å². The predicted octanol–water partition coefficient (Wildman–Crippen LogP) is 2.05. The minimum atomic E-state index is -1.04. The van der Waals surface area contributed by atoms with Crippen molar-refractivity contribution in [1.29, 1.82) is 0 Å². The minimum absolute atomic E-state index is 0.0108. The number of aromatic carboxylic acids is 1. The van der Waals surface area contributed by atoms with Crippen LogP contribution in [0.25, 0.3) is 0 Å². The van der Waals surface area contributed by atoms with Gasteiger partial charge in [-0.1, -0.05) is 20.8 Å². The number of rotatable bonds is 2. The highest BCUT2D eigenvalue weighted by atomic mass is 16.4. The number of anilines is 1. The zero-order valence-electron chi connectivity index (χ0n) is 11.1. The first-order valence-corrected chi connectivity index (χ1v) is 6.20. The Morgan fingerprint density at radius 2 is 2.17 bits per heavy atom. The van der Waals surface area contributed by atoms with Gasteiger partial charge in [0.2, 0.25) is 0 Å². The molecule has 5 heteroatoms. The average molecular weight is 249 g/mol. The molecule has 18 heavy (non-hydrogen) atoms. The van der Waals surface area contributed by atoms with E-state index in [1.807, 2.05) is 0 Å². The molecule has 5 nitrogen and oxygen atoms in total. The number of hydrogen-bond donors (Lipinski definition) is 1. The number of nitrogens with zero attached hydrogens (tertiary/aromatic N) is 3. The van der Waals surface area contributed by atoms with E-state index in [0.717, 1.165) is 25.3 Å². The summed E-state index contributed by atoms with van der Waals surface area (Å²) >= 11 is 0. The molecule has 98 valence electrons. The molecular formula is C13H19N3O2. The molecule has 0 aliphatic carbocycles. The largest absolute Gasteiger partial charge is 0.476 e. The molecular weight excluding hydrogens is 230 g/mol. The van der Waals surface area contributed by atoms with Gasteiger partial charge in [-0.3, -0.25) is 0 Å². The van der Waals surface area contributed by atoms with Crippen molar-refractivity contribution in [1.82, 2.24) is 9.97 Å². The van der Waals surface area contributed by atoms with Crippen molar-refractivity contribution in [3.05, 3.63) is 18.1 Å². The SMILES string of the molecule is CC1CCN(c2cnc(C(=O)O)cn2)CC1(C)C. The van der Waals surface area contributed by atoms with Crippen molar-refractivity contribution in [3.8, 4) is 0 Å². The number of carbonyl (C=O) groups is 1. The highest BCUT2D eigenvalue weighted by molar-refractivity contribution is 5.84. The lowest BCUT2D eigenvalue weighted by Gasteiger charge is -2.43. The highest BCUT2D eigenvalue weighted by Crippen LogP contribution is 2.35. The van der Waals surface area contributed by atoms with Crippen molar-refractivity contribution >= 4 is 11.8 Å². The highest BCUT2D eigenvalue weighted by Gasteiger charge is 2.33. The van der Waals surface area contributed by atoms with Crippen molar-refractivity contribution in [2.75, 3.05) is 18.0 Å². The molecule has 0 amide bonds. The lowest BCUT2D eigenvalue weighted by molar-refractivity contribution is 0.0690. The van der Waals surface area contributed by atoms with Crippen LogP contribution in [-0.4, -0.2) is 34.1 Å². The quantitative estimate of drug-likeness (QED) is 0.868. The third-order valence-corrected chi connectivity index (χ3v) is 3.95. The smallest absolute Gasteiger partial charge is 0.356 e. The van der Waals surface area contributed by atoms with Crippen LogP contribution in [-0.2, 0) is 0 Å². The molecule has 0 bridgehead atoms. The van der Waals surface area contributed by atoms with E-state index in [9.17, 15) is 4.79 Å². The first-order chi connectivity index (χ1) is 8.40. The number of carboxylic acids is 1. The van der Waals surface area contributed by atoms with Crippen LogP contribution in [0.1, 0.15) is 37.7 Å². The summed E-state index contributed by atoms with van der Waals surface area (Å²) in [5.41, 5.74) is 0.231. The van der Waals surface area contributed by atoms with E-state index in [1.54, 1.807) is 6.20 Å². The van der Waals surface area contributed by atoms with Crippen molar-refractivity contribution in [3.63, 3.8) is 0 Å². The van der Waals surface area contributed by atoms with Crippen LogP contribution in [0, 0.1) is 11.3 Å². The molecule has 2 rings (SSSR count). The van der Waals surface area contributed by atoms with E-state index in [1.165, 1.54) is 6.20 Å². The van der Waals surface area contributed by atoms with Gasteiger partial charge in [-0.15, -0.1) is 0 Å². The summed E-state index contributed by atoms with van der Waals surface area (Å²) in [5.74, 6) is 0.404. The summed E-state index contributed by atoms with van der Waals surface area (Å²) in [5, 5.41) is 8.79. The topological polar surface area (TPSA) is 66.3 Å². The molecule has 1 aromatic heterocycles. The monoisotopic (exact) mass is 249 g/mol. The molecule has 0 spiro atoms. The van der Waals surface area contributed by atoms with Crippen molar-refractivity contribution < 1.29 is 9.90 Å². The van der Waals surface area contributed by atoms with Gasteiger partial charge < -0.3 is 10.0 Å². The number of hydrogen-bond acceptors (Lipinski definition) is 4. The third kappa shape index (κ3) is 2.44. The van der Waals surface area contributed by atoms with Gasteiger partial charge in [0.05, 0.1) is 12.4 Å². The summed E-state index contributed by atoms with van der Waals surface area (Å²) in [6.45, 7) is 8.66. The molecule has 1 N–H and O–H groups in total. The molecule has 0 aromatic carbocycles. The normalized spacial score (nSPS) is 22.8. The Kier molecular flexibility index (Phi) is 3.24. The standard InChI is InChI=1S/C13H19N3O2/c1-9-4-5-16(8-13(9,2)3)11-7-14-10(6-15-11)12(17)18/h6-7,9H,4-5,8H2,1-3H3,(H,17,18). The zero-order valence-corrected chi connectivity index (χ0v) is 11.1. The van der Waals surface area contributed by atoms with Gasteiger partial charge in [-0.25, -0.2) is 14.8 Å². The summed E-state index contributed by atoms with van der Waals surface area (Å²) in [6, 6.07) is 0. The third-order valence-electron chi connectivity index (χ3n) is 3.95. The van der Waals surface area contributed by atoms with Gasteiger partial charge in [0, 0.05) is 13.1 Å². The van der Waals surface area contributed by atoms with E-state index in [4.69, 9.17) is 5.11 Å². The fraction of sp³-hybridized carbons (Fsp3) is 0.615. The lowest BCUT2D eigenvalue weighted by Crippen LogP contribution is -2.45. The average Bonchev–Trinajstić information content (AvgIpc) is 2.33. The number of aromatic nitrogens is 2. The second-order valence-corrected chi connectivity index (χ2v) is 5.66. The van der Waals surface area contributed by atoms with Crippen molar-refractivity contribution in [2.45, 2.75) is 27.2 Å². The van der Waals surface area contributed by atoms with Gasteiger partial charge in [0.25, 0.3) is 0 Å². The van der Waals surface area contributed by atoms with Gasteiger partial charge in [0.1, 0.15) is 5.82 Å². The van der Waals surface area contributed by atoms with Crippen LogP contribution in [0.15, 0.2) is 12.4 Å². The molecule has 1 aliphatic rings. The minimum Gasteiger partial charge on any atom is -0.476 e. The Hall–Kier alpha value is -1.65. The van der Waals surface area contributed by atoms with Crippen LogP contribution in [0.4, 0.5) is 5.82 Å². The summed E-state index contributed by atoms with van der Waals surface area (Å²) < 4.78 is 0. The van der Waals surface area contributed by atoms with Crippen LogP contribution in [0.3, 0.4) is 0 Å². The maximum atomic E-state index is 10.7. The van der Waals surface area contributed by atoms with Crippen LogP contribution in [0.5, 0.6) is 0 Å². The Morgan fingerprint density at radius 1 is 1.44 bits per heavy atom. The van der Waals surface area contributed by atoms with E-state index in [0.29, 0.717) is 5.92 Å². The van der Waals surface area contributed by atoms with Crippen molar-refractivity contribution in [2.24, 2.45) is 11.3 Å². The number of carboxylic acid groups (broad SMARTS) is 1. The maximum Gasteiger partial charge on any atom is 0.356 e. The molecule has 1 aliphatic heterocycles. The summed E-state index contributed by atoms with van der Waals surface area (Å²) in [4.78, 5) is 21.0. The van der Waals surface area contributed by atoms with Gasteiger partial charge in [-0.2, -0.15) is 0 Å². The van der Waals surface area contributed by atoms with E-state index in [-0.39, 0.29) is 11.1 Å². The van der Waals surface area contributed by atoms with Gasteiger partial charge in [-0.05, 0) is 17.8 Å². The summed E-state index contributed by atoms with van der Waals surface area (Å²) in [7, 11) is 0. The molecule has 0 radical (unpaired) electrons. The first-order valence-electron chi connectivity index (χ1n) is 6.20. The van der Waals surface area contributed by atoms with Crippen LogP contribution in [0.2, 0.25) is 0 Å². The van der Waals surface area contributed by atoms with Crippen LogP contribution >= 0.6 is 0 Å². The molecule has 1 unspecified atom stereocenters. The molecule has 1 fully saturated rings. The Bertz CT molecular complexity index is 442. The Morgan fingerprint density at radius 3 is 2.67 bits per heavy atom. The molecule has 1 saturated heterocycles. The lowest BCUT2D eigenvalue weighted by atomic mass is 9.75. The molecule has 2 heterocycles. The fourth-order valence-electron chi connectivity index (χ4n) is 2.26. The second-order valence-electron chi connectivity index (χ2n) is 5.66. The van der Waals surface area contributed by atoms with E-state index in [2.05, 4.69) is 35.6 Å². The number of piperidine rings is 1. The molecule has 0 saturated carbocycles. The molecule has 1 aromatic rings. The zero-order chi connectivity index (χ0) is 13.3. The van der Waals surface area contributed by atoms with Gasteiger partial charge in [0.15, 0.2) is 5.69 Å². The van der Waals surface area contributed by atoms with Crippen LogP contribution < -0.4 is 4.90 Å². The Balaban J connectivity index is 2.15. The maximum absolute atomic E-state index is 10.7. The predicted molar refractivity (Wildman–Crippen MR) is 68.8 cm³/mol. The van der Waals surface area contributed by atoms with E-state index < -0.39 is 5.97 Å². The fourth-order valence-corrected chi connectivity index (χ4v) is 2.26. The second kappa shape index (κ2) is 4.55. The molecule has 1 atom stereocenters.